The zero-order valence-electron chi connectivity index (χ0n) is 3.65. The summed E-state index contributed by atoms with van der Waals surface area (Å²) in [5.41, 5.74) is 0. The Labute approximate surface area is 47.3 Å². The molecule has 0 radical (unpaired) electrons. The lowest BCUT2D eigenvalue weighted by molar-refractivity contribution is 0.991. The van der Waals surface area contributed by atoms with Gasteiger partial charge in [-0.05, 0) is 6.92 Å². The standard InChI is InChI=1S/C4H7ClS/c1-3(5)4-2-6-4/h3-4H,2H2,1H3/t3-,4+/m1/s1. The summed E-state index contributed by atoms with van der Waals surface area (Å²) in [6.07, 6.45) is 0. The van der Waals surface area contributed by atoms with E-state index in [1.54, 1.807) is 0 Å². The van der Waals surface area contributed by atoms with Crippen molar-refractivity contribution in [3.8, 4) is 0 Å². The molecule has 1 rings (SSSR count). The molecular weight excluding hydrogens is 116 g/mol. The van der Waals surface area contributed by atoms with Crippen molar-refractivity contribution in [3.63, 3.8) is 0 Å². The Balaban J connectivity index is 2.13. The van der Waals surface area contributed by atoms with E-state index in [-0.39, 0.29) is 0 Å². The van der Waals surface area contributed by atoms with E-state index in [1.165, 1.54) is 5.75 Å². The van der Waals surface area contributed by atoms with Crippen molar-refractivity contribution < 1.29 is 0 Å². The second-order valence-corrected chi connectivity index (χ2v) is 3.51. The first-order valence-corrected chi connectivity index (χ1v) is 3.55. The number of halogens is 1. The van der Waals surface area contributed by atoms with Crippen LogP contribution >= 0.6 is 23.4 Å². The number of alkyl halides is 1. The Morgan fingerprint density at radius 3 is 2.50 bits per heavy atom. The van der Waals surface area contributed by atoms with Crippen molar-refractivity contribution in [3.05, 3.63) is 0 Å². The van der Waals surface area contributed by atoms with Crippen LogP contribution < -0.4 is 0 Å². The fraction of sp³-hybridized carbons (Fsp3) is 1.00. The molecule has 1 heterocycles. The van der Waals surface area contributed by atoms with Crippen LogP contribution in [0.4, 0.5) is 0 Å². The molecule has 1 aliphatic rings. The van der Waals surface area contributed by atoms with Crippen LogP contribution in [0.5, 0.6) is 0 Å². The van der Waals surface area contributed by atoms with Gasteiger partial charge >= 0.3 is 0 Å². The van der Waals surface area contributed by atoms with Crippen molar-refractivity contribution in [2.45, 2.75) is 17.6 Å². The van der Waals surface area contributed by atoms with E-state index in [2.05, 4.69) is 0 Å². The predicted molar refractivity (Wildman–Crippen MR) is 31.6 cm³/mol. The summed E-state index contributed by atoms with van der Waals surface area (Å²) in [6, 6.07) is 0. The molecule has 36 valence electrons. The highest BCUT2D eigenvalue weighted by atomic mass is 35.5. The van der Waals surface area contributed by atoms with Crippen LogP contribution in [-0.2, 0) is 0 Å². The zero-order chi connectivity index (χ0) is 4.57. The average Bonchev–Trinajstić information content (AvgIpc) is 2.06. The molecule has 0 aliphatic carbocycles. The minimum absolute atomic E-state index is 0.398. The van der Waals surface area contributed by atoms with E-state index in [0.29, 0.717) is 5.38 Å². The molecule has 0 aromatic carbocycles. The summed E-state index contributed by atoms with van der Waals surface area (Å²) in [5, 5.41) is 1.18. The molecule has 1 saturated heterocycles. The number of hydrogen-bond donors (Lipinski definition) is 0. The van der Waals surface area contributed by atoms with Crippen LogP contribution in [0, 0.1) is 0 Å². The fourth-order valence-corrected chi connectivity index (χ4v) is 1.40. The highest BCUT2D eigenvalue weighted by molar-refractivity contribution is 8.07. The Hall–Kier alpha value is 0.640. The summed E-state index contributed by atoms with van der Waals surface area (Å²) < 4.78 is 0. The van der Waals surface area contributed by atoms with Gasteiger partial charge in [0, 0.05) is 16.4 Å². The molecule has 0 aromatic heterocycles. The van der Waals surface area contributed by atoms with Gasteiger partial charge in [0.15, 0.2) is 0 Å². The number of thioether (sulfide) groups is 1. The smallest absolute Gasteiger partial charge is 0.0434 e. The second-order valence-electron chi connectivity index (χ2n) is 1.55. The van der Waals surface area contributed by atoms with Crippen molar-refractivity contribution >= 4 is 23.4 Å². The van der Waals surface area contributed by atoms with Crippen LogP contribution in [-0.4, -0.2) is 16.4 Å². The molecule has 0 nitrogen and oxygen atoms in total. The summed E-state index contributed by atoms with van der Waals surface area (Å²) >= 11 is 7.60. The first-order valence-electron chi connectivity index (χ1n) is 2.06. The zero-order valence-corrected chi connectivity index (χ0v) is 5.22. The van der Waals surface area contributed by atoms with Crippen molar-refractivity contribution in [1.82, 2.24) is 0 Å². The predicted octanol–water partition coefficient (Wildman–Crippen LogP) is 1.73. The van der Waals surface area contributed by atoms with Crippen LogP contribution in [0.3, 0.4) is 0 Å². The summed E-state index contributed by atoms with van der Waals surface area (Å²) in [6.45, 7) is 2.05. The Morgan fingerprint density at radius 2 is 2.50 bits per heavy atom. The monoisotopic (exact) mass is 122 g/mol. The molecule has 0 spiro atoms. The largest absolute Gasteiger partial charge is 0.155 e. The molecule has 6 heavy (non-hydrogen) atoms. The SMILES string of the molecule is C[C@@H](Cl)[C@@H]1CS1. The van der Waals surface area contributed by atoms with E-state index >= 15 is 0 Å². The van der Waals surface area contributed by atoms with E-state index in [1.807, 2.05) is 18.7 Å². The molecule has 0 N–H and O–H groups in total. The van der Waals surface area contributed by atoms with E-state index in [0.717, 1.165) is 5.25 Å². The Kier molecular flexibility index (Phi) is 1.30. The van der Waals surface area contributed by atoms with E-state index in [4.69, 9.17) is 11.6 Å². The van der Waals surface area contributed by atoms with Crippen molar-refractivity contribution in [2.75, 3.05) is 5.75 Å². The Morgan fingerprint density at radius 1 is 2.00 bits per heavy atom. The van der Waals surface area contributed by atoms with Gasteiger partial charge in [0.05, 0.1) is 0 Å². The summed E-state index contributed by atoms with van der Waals surface area (Å²) in [5.74, 6) is 1.28. The van der Waals surface area contributed by atoms with Gasteiger partial charge in [0.1, 0.15) is 0 Å². The van der Waals surface area contributed by atoms with E-state index in [9.17, 15) is 0 Å². The highest BCUT2D eigenvalue weighted by Gasteiger charge is 2.26. The van der Waals surface area contributed by atoms with Gasteiger partial charge in [0.25, 0.3) is 0 Å². The molecule has 2 atom stereocenters. The summed E-state index contributed by atoms with van der Waals surface area (Å²) in [4.78, 5) is 0. The van der Waals surface area contributed by atoms with Gasteiger partial charge < -0.3 is 0 Å². The molecule has 0 unspecified atom stereocenters. The van der Waals surface area contributed by atoms with Gasteiger partial charge in [0.2, 0.25) is 0 Å². The molecular formula is C4H7ClS. The van der Waals surface area contributed by atoms with Gasteiger partial charge in [-0.25, -0.2) is 0 Å². The third-order valence-corrected chi connectivity index (χ3v) is 2.45. The molecule has 0 bridgehead atoms. The average molecular weight is 123 g/mol. The third-order valence-electron chi connectivity index (χ3n) is 0.871. The first-order chi connectivity index (χ1) is 2.80. The van der Waals surface area contributed by atoms with Gasteiger partial charge in [-0.1, -0.05) is 0 Å². The second kappa shape index (κ2) is 1.63. The van der Waals surface area contributed by atoms with Crippen molar-refractivity contribution in [2.24, 2.45) is 0 Å². The lowest BCUT2D eigenvalue weighted by Gasteiger charge is -1.89. The van der Waals surface area contributed by atoms with Gasteiger partial charge in [-0.15, -0.1) is 11.6 Å². The maximum Gasteiger partial charge on any atom is 0.0434 e. The molecule has 1 fully saturated rings. The first kappa shape index (κ1) is 4.79. The quantitative estimate of drug-likeness (QED) is 0.377. The number of hydrogen-bond acceptors (Lipinski definition) is 1. The van der Waals surface area contributed by atoms with Gasteiger partial charge in [-0.3, -0.25) is 0 Å². The van der Waals surface area contributed by atoms with Crippen LogP contribution in [0.2, 0.25) is 0 Å². The number of rotatable bonds is 1. The van der Waals surface area contributed by atoms with Crippen LogP contribution in [0.1, 0.15) is 6.92 Å². The highest BCUT2D eigenvalue weighted by Crippen LogP contribution is 2.35. The lowest BCUT2D eigenvalue weighted by atomic mass is 10.4. The topological polar surface area (TPSA) is 0 Å². The van der Waals surface area contributed by atoms with Crippen molar-refractivity contribution in [1.29, 1.82) is 0 Å². The maximum absolute atomic E-state index is 5.65. The minimum atomic E-state index is 0.398. The minimum Gasteiger partial charge on any atom is -0.155 e. The Bertz CT molecular complexity index is 49.5. The molecule has 1 aliphatic heterocycles. The van der Waals surface area contributed by atoms with Gasteiger partial charge in [-0.2, -0.15) is 11.8 Å². The third kappa shape index (κ3) is 1.05. The normalized spacial score (nSPS) is 36.0. The lowest BCUT2D eigenvalue weighted by Crippen LogP contribution is -1.96. The van der Waals surface area contributed by atoms with Crippen LogP contribution in [0.25, 0.3) is 0 Å². The fourth-order valence-electron chi connectivity index (χ4n) is 0.321. The molecule has 0 saturated carbocycles. The summed E-state index contributed by atoms with van der Waals surface area (Å²) in [7, 11) is 0. The van der Waals surface area contributed by atoms with E-state index < -0.39 is 0 Å². The molecule has 0 amide bonds. The molecule has 0 aromatic rings. The van der Waals surface area contributed by atoms with Crippen LogP contribution in [0.15, 0.2) is 0 Å². The maximum atomic E-state index is 5.65. The molecule has 2 heteroatoms.